The normalized spacial score (nSPS) is 10.8. The number of nitrogens with one attached hydrogen (secondary N) is 2. The minimum Gasteiger partial charge on any atom is -0.495 e. The minimum absolute atomic E-state index is 0.294. The van der Waals surface area contributed by atoms with Gasteiger partial charge in [0.15, 0.2) is 0 Å². The second-order valence-corrected chi connectivity index (χ2v) is 7.44. The molecule has 0 spiro atoms. The molecule has 2 aromatic heterocycles. The van der Waals surface area contributed by atoms with Gasteiger partial charge in [0.05, 0.1) is 48.7 Å². The fourth-order valence-corrected chi connectivity index (χ4v) is 4.04. The molecule has 0 aliphatic rings. The first-order chi connectivity index (χ1) is 15.5. The monoisotopic (exact) mass is 472 g/mol. The lowest BCUT2D eigenvalue weighted by Gasteiger charge is -2.16. The predicted molar refractivity (Wildman–Crippen MR) is 123 cm³/mol. The van der Waals surface area contributed by atoms with Crippen molar-refractivity contribution < 1.29 is 19.0 Å². The summed E-state index contributed by atoms with van der Waals surface area (Å²) in [4.78, 5) is 17.2. The van der Waals surface area contributed by atoms with E-state index in [0.717, 1.165) is 0 Å². The van der Waals surface area contributed by atoms with E-state index in [1.807, 2.05) is 0 Å². The van der Waals surface area contributed by atoms with Crippen molar-refractivity contribution in [2.45, 2.75) is 0 Å². The minimum atomic E-state index is -0.353. The first kappa shape index (κ1) is 21.7. The number of ether oxygens (including phenoxy) is 3. The second-order valence-electron chi connectivity index (χ2n) is 6.68. The van der Waals surface area contributed by atoms with Crippen molar-refractivity contribution in [1.29, 1.82) is 0 Å². The molecular formula is C22H18Cl2N4O4. The third-order valence-corrected chi connectivity index (χ3v) is 5.62. The van der Waals surface area contributed by atoms with E-state index >= 15 is 0 Å². The molecule has 0 unspecified atom stereocenters. The molecule has 2 N–H and O–H groups in total. The highest BCUT2D eigenvalue weighted by Gasteiger charge is 2.22. The van der Waals surface area contributed by atoms with Gasteiger partial charge in [0.2, 0.25) is 5.88 Å². The van der Waals surface area contributed by atoms with Gasteiger partial charge in [-0.05, 0) is 23.8 Å². The Bertz CT molecular complexity index is 1290. The van der Waals surface area contributed by atoms with E-state index in [-0.39, 0.29) is 5.91 Å². The van der Waals surface area contributed by atoms with Crippen molar-refractivity contribution in [3.05, 3.63) is 58.3 Å². The van der Waals surface area contributed by atoms with Gasteiger partial charge in [0.1, 0.15) is 11.5 Å². The molecular weight excluding hydrogens is 455 g/mol. The molecule has 0 saturated carbocycles. The highest BCUT2D eigenvalue weighted by atomic mass is 35.5. The lowest BCUT2D eigenvalue weighted by atomic mass is 9.99. The van der Waals surface area contributed by atoms with Gasteiger partial charge in [0, 0.05) is 35.0 Å². The molecule has 0 radical (unpaired) electrons. The molecule has 32 heavy (non-hydrogen) atoms. The number of hydrogen-bond donors (Lipinski definition) is 2. The van der Waals surface area contributed by atoms with Gasteiger partial charge < -0.3 is 19.5 Å². The Hall–Kier alpha value is -3.49. The van der Waals surface area contributed by atoms with Crippen molar-refractivity contribution in [2.75, 3.05) is 26.6 Å². The molecule has 2 heterocycles. The molecule has 0 aliphatic carbocycles. The van der Waals surface area contributed by atoms with Crippen LogP contribution in [0.2, 0.25) is 10.0 Å². The van der Waals surface area contributed by atoms with Crippen molar-refractivity contribution in [1.82, 2.24) is 15.2 Å². The van der Waals surface area contributed by atoms with Gasteiger partial charge >= 0.3 is 0 Å². The van der Waals surface area contributed by atoms with E-state index in [1.54, 1.807) is 42.7 Å². The molecule has 2 aromatic carbocycles. The fraction of sp³-hybridized carbons (Fsp3) is 0.136. The van der Waals surface area contributed by atoms with Gasteiger partial charge in [-0.3, -0.25) is 9.89 Å². The standard InChI is InChI=1S/C22H18Cl2N4O4/c1-30-16-9-17(31-2)21(24)19(20(16)23)11-6-13(14-10-26-28-15(14)7-11)22(29)27-12-4-5-25-18(8-12)32-3/h4-10H,1-3H3,(H,26,28)(H,25,27,29). The quantitative estimate of drug-likeness (QED) is 0.399. The molecule has 1 amide bonds. The Labute approximate surface area is 193 Å². The average Bonchev–Trinajstić information content (AvgIpc) is 3.27. The molecule has 0 aliphatic heterocycles. The predicted octanol–water partition coefficient (Wildman–Crippen LogP) is 5.21. The maximum Gasteiger partial charge on any atom is 0.256 e. The van der Waals surface area contributed by atoms with Crippen LogP contribution < -0.4 is 19.5 Å². The number of pyridine rings is 1. The lowest BCUT2D eigenvalue weighted by Crippen LogP contribution is -2.12. The smallest absolute Gasteiger partial charge is 0.256 e. The van der Waals surface area contributed by atoms with Crippen LogP contribution in [0.3, 0.4) is 0 Å². The summed E-state index contributed by atoms with van der Waals surface area (Å²) in [6, 6.07) is 8.39. The molecule has 164 valence electrons. The Morgan fingerprint density at radius 1 is 1.00 bits per heavy atom. The summed E-state index contributed by atoms with van der Waals surface area (Å²) in [5.41, 5.74) is 2.60. The van der Waals surface area contributed by atoms with Crippen LogP contribution >= 0.6 is 23.2 Å². The number of H-pyrrole nitrogens is 1. The van der Waals surface area contributed by atoms with Crippen molar-refractivity contribution >= 4 is 45.7 Å². The molecule has 0 atom stereocenters. The number of benzene rings is 2. The summed E-state index contributed by atoms with van der Waals surface area (Å²) in [6.07, 6.45) is 3.12. The molecule has 8 nitrogen and oxygen atoms in total. The van der Waals surface area contributed by atoms with Gasteiger partial charge in [-0.1, -0.05) is 23.2 Å². The summed E-state index contributed by atoms with van der Waals surface area (Å²) < 4.78 is 15.9. The third-order valence-electron chi connectivity index (χ3n) is 4.87. The summed E-state index contributed by atoms with van der Waals surface area (Å²) in [7, 11) is 4.50. The SMILES string of the molecule is COc1cc(NC(=O)c2cc(-c3c(Cl)c(OC)cc(OC)c3Cl)cc3[nH]ncc23)ccn1. The van der Waals surface area contributed by atoms with Crippen molar-refractivity contribution in [3.8, 4) is 28.5 Å². The highest BCUT2D eigenvalue weighted by molar-refractivity contribution is 6.41. The van der Waals surface area contributed by atoms with E-state index in [1.165, 1.54) is 21.3 Å². The number of anilines is 1. The topological polar surface area (TPSA) is 98.4 Å². The summed E-state index contributed by atoms with van der Waals surface area (Å²) in [5, 5.41) is 11.0. The van der Waals surface area contributed by atoms with E-state index in [4.69, 9.17) is 37.4 Å². The van der Waals surface area contributed by atoms with Crippen LogP contribution in [0.5, 0.6) is 17.4 Å². The third kappa shape index (κ3) is 3.90. The van der Waals surface area contributed by atoms with Gasteiger partial charge in [0.25, 0.3) is 5.91 Å². The van der Waals surface area contributed by atoms with Crippen LogP contribution in [-0.4, -0.2) is 42.4 Å². The average molecular weight is 473 g/mol. The summed E-state index contributed by atoms with van der Waals surface area (Å²) in [5.74, 6) is 0.811. The maximum atomic E-state index is 13.2. The largest absolute Gasteiger partial charge is 0.495 e. The van der Waals surface area contributed by atoms with Gasteiger partial charge in [-0.15, -0.1) is 0 Å². The number of rotatable bonds is 6. The Morgan fingerprint density at radius 2 is 1.72 bits per heavy atom. The first-order valence-corrected chi connectivity index (χ1v) is 10.1. The zero-order valence-electron chi connectivity index (χ0n) is 17.3. The first-order valence-electron chi connectivity index (χ1n) is 9.35. The van der Waals surface area contributed by atoms with Crippen molar-refractivity contribution in [3.63, 3.8) is 0 Å². The van der Waals surface area contributed by atoms with Crippen LogP contribution in [0, 0.1) is 0 Å². The number of aromatic nitrogens is 3. The van der Waals surface area contributed by atoms with Crippen LogP contribution in [0.25, 0.3) is 22.0 Å². The number of fused-ring (bicyclic) bond motifs is 1. The van der Waals surface area contributed by atoms with Crippen LogP contribution in [0.15, 0.2) is 42.7 Å². The Balaban J connectivity index is 1.85. The number of amides is 1. The Morgan fingerprint density at radius 3 is 2.38 bits per heavy atom. The maximum absolute atomic E-state index is 13.2. The van der Waals surface area contributed by atoms with Crippen LogP contribution in [-0.2, 0) is 0 Å². The molecule has 4 aromatic rings. The van der Waals surface area contributed by atoms with Gasteiger partial charge in [-0.2, -0.15) is 5.10 Å². The van der Waals surface area contributed by atoms with Gasteiger partial charge in [-0.25, -0.2) is 4.98 Å². The van der Waals surface area contributed by atoms with E-state index < -0.39 is 0 Å². The van der Waals surface area contributed by atoms with E-state index in [0.29, 0.717) is 60.7 Å². The number of methoxy groups -OCH3 is 3. The zero-order chi connectivity index (χ0) is 22.8. The Kier molecular flexibility index (Phi) is 6.07. The number of carbonyl (C=O) groups excluding carboxylic acids is 1. The van der Waals surface area contributed by atoms with E-state index in [2.05, 4.69) is 20.5 Å². The zero-order valence-corrected chi connectivity index (χ0v) is 18.8. The molecule has 10 heteroatoms. The molecule has 0 fully saturated rings. The number of carbonyl (C=O) groups is 1. The number of aromatic amines is 1. The molecule has 0 saturated heterocycles. The van der Waals surface area contributed by atoms with Crippen LogP contribution in [0.4, 0.5) is 5.69 Å². The summed E-state index contributed by atoms with van der Waals surface area (Å²) in [6.45, 7) is 0. The highest BCUT2D eigenvalue weighted by Crippen LogP contribution is 2.46. The summed E-state index contributed by atoms with van der Waals surface area (Å²) >= 11 is 13.2. The lowest BCUT2D eigenvalue weighted by molar-refractivity contribution is 0.102. The fourth-order valence-electron chi connectivity index (χ4n) is 3.32. The molecule has 0 bridgehead atoms. The van der Waals surface area contributed by atoms with Crippen molar-refractivity contribution in [2.24, 2.45) is 0 Å². The second kappa shape index (κ2) is 8.94. The number of halogens is 2. The molecule has 4 rings (SSSR count). The van der Waals surface area contributed by atoms with E-state index in [9.17, 15) is 4.79 Å². The number of hydrogen-bond acceptors (Lipinski definition) is 6. The van der Waals surface area contributed by atoms with Crippen LogP contribution in [0.1, 0.15) is 10.4 Å². The number of nitrogens with zero attached hydrogens (tertiary/aromatic N) is 2.